The SMILES string of the molecule is CC(C)(C)c1ccc2c(c1)c1ccccc1n2-c1cc(-c2cc(F)c(F)c(F)c2F)cc(-n2c3ccccc3c3cc(C(C)(C)C)ccc32)c1C#N. The molecule has 0 amide bonds. The van der Waals surface area contributed by atoms with Crippen molar-refractivity contribution in [3.8, 4) is 28.6 Å². The van der Waals surface area contributed by atoms with E-state index in [1.165, 1.54) is 0 Å². The normalized spacial score (nSPS) is 12.4. The van der Waals surface area contributed by atoms with Gasteiger partial charge in [-0.2, -0.15) is 5.26 Å². The van der Waals surface area contributed by atoms with E-state index in [-0.39, 0.29) is 22.0 Å². The van der Waals surface area contributed by atoms with E-state index in [0.29, 0.717) is 17.4 Å². The minimum Gasteiger partial charge on any atom is -0.308 e. The van der Waals surface area contributed by atoms with Crippen molar-refractivity contribution in [1.82, 2.24) is 9.13 Å². The van der Waals surface area contributed by atoms with E-state index in [1.807, 2.05) is 69.8 Å². The van der Waals surface area contributed by atoms with Crippen LogP contribution in [0, 0.1) is 34.6 Å². The van der Waals surface area contributed by atoms with Crippen molar-refractivity contribution >= 4 is 43.6 Å². The molecule has 0 saturated carbocycles. The smallest absolute Gasteiger partial charge is 0.198 e. The summed E-state index contributed by atoms with van der Waals surface area (Å²) >= 11 is 0. The third-order valence-corrected chi connectivity index (χ3v) is 10.2. The van der Waals surface area contributed by atoms with Crippen LogP contribution in [0.4, 0.5) is 17.6 Å². The molecule has 0 unspecified atom stereocenters. The van der Waals surface area contributed by atoms with Crippen LogP contribution >= 0.6 is 0 Å². The zero-order chi connectivity index (χ0) is 36.9. The number of fused-ring (bicyclic) bond motifs is 6. The molecule has 2 heterocycles. The molecule has 0 spiro atoms. The highest BCUT2D eigenvalue weighted by Crippen LogP contribution is 2.42. The summed E-state index contributed by atoms with van der Waals surface area (Å²) in [4.78, 5) is 0. The molecule has 0 aliphatic carbocycles. The molecule has 0 fully saturated rings. The Kier molecular flexibility index (Phi) is 7.41. The van der Waals surface area contributed by atoms with Crippen molar-refractivity contribution in [2.45, 2.75) is 52.4 Å². The molecule has 0 bridgehead atoms. The Balaban J connectivity index is 1.56. The first-order valence-corrected chi connectivity index (χ1v) is 17.2. The first-order chi connectivity index (χ1) is 24.7. The Morgan fingerprint density at radius 1 is 0.500 bits per heavy atom. The van der Waals surface area contributed by atoms with Gasteiger partial charge >= 0.3 is 0 Å². The number of aromatic nitrogens is 2. The molecule has 0 radical (unpaired) electrons. The highest BCUT2D eigenvalue weighted by Gasteiger charge is 2.27. The lowest BCUT2D eigenvalue weighted by Crippen LogP contribution is -2.11. The monoisotopic (exact) mass is 693 g/mol. The minimum atomic E-state index is -1.90. The van der Waals surface area contributed by atoms with Crippen LogP contribution in [0.1, 0.15) is 58.2 Å². The number of benzene rings is 6. The van der Waals surface area contributed by atoms with Gasteiger partial charge in [-0.3, -0.25) is 0 Å². The van der Waals surface area contributed by atoms with E-state index >= 15 is 4.39 Å². The second kappa shape index (κ2) is 11.6. The van der Waals surface area contributed by atoms with E-state index in [9.17, 15) is 18.4 Å². The van der Waals surface area contributed by atoms with E-state index < -0.39 is 28.8 Å². The summed E-state index contributed by atoms with van der Waals surface area (Å²) in [6.07, 6.45) is 0. The maximum absolute atomic E-state index is 15.7. The second-order valence-corrected chi connectivity index (χ2v) is 15.5. The van der Waals surface area contributed by atoms with Crippen LogP contribution in [0.25, 0.3) is 66.1 Å². The van der Waals surface area contributed by atoms with Crippen LogP contribution in [0.15, 0.2) is 103 Å². The predicted molar refractivity (Wildman–Crippen MR) is 203 cm³/mol. The molecular formula is C45H35F4N3. The van der Waals surface area contributed by atoms with Gasteiger partial charge in [0.05, 0.1) is 33.4 Å². The van der Waals surface area contributed by atoms with E-state index in [2.05, 4.69) is 71.9 Å². The highest BCUT2D eigenvalue weighted by atomic mass is 19.2. The molecule has 7 heteroatoms. The molecule has 8 aromatic rings. The molecule has 0 atom stereocenters. The van der Waals surface area contributed by atoms with Gasteiger partial charge in [0.1, 0.15) is 11.6 Å². The standard InChI is InChI=1S/C45H35F4N3/c1-44(2,3)26-15-17-37-31(21-26)28-11-7-9-13-35(28)51(37)39-19-25(30-23-34(46)42(48)43(49)41(30)47)20-40(33(39)24-50)52-36-14-10-8-12-29(36)32-22-27(45(4,5)6)16-18-38(32)52/h7-23H,1-6H3. The molecule has 52 heavy (non-hydrogen) atoms. The fourth-order valence-electron chi connectivity index (χ4n) is 7.42. The summed E-state index contributed by atoms with van der Waals surface area (Å²) in [6.45, 7) is 12.8. The van der Waals surface area contributed by atoms with Gasteiger partial charge in [-0.25, -0.2) is 17.6 Å². The molecule has 0 aliphatic rings. The zero-order valence-electron chi connectivity index (χ0n) is 29.7. The number of nitrogens with zero attached hydrogens (tertiary/aromatic N) is 3. The maximum Gasteiger partial charge on any atom is 0.198 e. The Labute approximate surface area is 299 Å². The van der Waals surface area contributed by atoms with Crippen molar-refractivity contribution in [3.63, 3.8) is 0 Å². The average Bonchev–Trinajstić information content (AvgIpc) is 3.63. The number of nitriles is 1. The fraction of sp³-hybridized carbons (Fsp3) is 0.178. The average molecular weight is 694 g/mol. The topological polar surface area (TPSA) is 33.6 Å². The Morgan fingerprint density at radius 2 is 0.942 bits per heavy atom. The quantitative estimate of drug-likeness (QED) is 0.103. The zero-order valence-corrected chi connectivity index (χ0v) is 29.7. The summed E-state index contributed by atoms with van der Waals surface area (Å²) in [6, 6.07) is 34.3. The number of rotatable bonds is 3. The van der Waals surface area contributed by atoms with E-state index in [1.54, 1.807) is 12.1 Å². The summed E-state index contributed by atoms with van der Waals surface area (Å²) in [5.41, 5.74) is 5.77. The molecule has 258 valence electrons. The van der Waals surface area contributed by atoms with Gasteiger partial charge in [0.25, 0.3) is 0 Å². The number of hydrogen-bond donors (Lipinski definition) is 0. The summed E-state index contributed by atoms with van der Waals surface area (Å²) < 4.78 is 63.7. The van der Waals surface area contributed by atoms with Crippen molar-refractivity contribution in [3.05, 3.63) is 143 Å². The van der Waals surface area contributed by atoms with Crippen molar-refractivity contribution in [2.24, 2.45) is 0 Å². The first-order valence-electron chi connectivity index (χ1n) is 17.2. The van der Waals surface area contributed by atoms with Crippen LogP contribution in [0.2, 0.25) is 0 Å². The van der Waals surface area contributed by atoms with Gasteiger partial charge in [-0.05, 0) is 82.1 Å². The largest absolute Gasteiger partial charge is 0.308 e. The molecule has 2 aromatic heterocycles. The first kappa shape index (κ1) is 33.3. The number of halogens is 4. The minimum absolute atomic E-state index is 0.0776. The number of hydrogen-bond acceptors (Lipinski definition) is 1. The number of para-hydroxylation sites is 2. The second-order valence-electron chi connectivity index (χ2n) is 15.5. The van der Waals surface area contributed by atoms with Crippen LogP contribution < -0.4 is 0 Å². The molecule has 8 rings (SSSR count). The predicted octanol–water partition coefficient (Wildman–Crippen LogP) is 12.6. The lowest BCUT2D eigenvalue weighted by atomic mass is 9.86. The lowest BCUT2D eigenvalue weighted by molar-refractivity contribution is 0.411. The van der Waals surface area contributed by atoms with Crippen LogP contribution in [-0.4, -0.2) is 9.13 Å². The van der Waals surface area contributed by atoms with Crippen LogP contribution in [0.3, 0.4) is 0 Å². The fourth-order valence-corrected chi connectivity index (χ4v) is 7.42. The maximum atomic E-state index is 15.7. The van der Waals surface area contributed by atoms with Crippen LogP contribution in [0.5, 0.6) is 0 Å². The van der Waals surface area contributed by atoms with Gasteiger partial charge in [0.15, 0.2) is 23.3 Å². The van der Waals surface area contributed by atoms with Gasteiger partial charge in [-0.1, -0.05) is 90.1 Å². The highest BCUT2D eigenvalue weighted by molar-refractivity contribution is 6.11. The van der Waals surface area contributed by atoms with Gasteiger partial charge < -0.3 is 9.13 Å². The molecule has 0 aliphatic heterocycles. The lowest BCUT2D eigenvalue weighted by Gasteiger charge is -2.21. The molecular weight excluding hydrogens is 659 g/mol. The van der Waals surface area contributed by atoms with Crippen LogP contribution in [-0.2, 0) is 10.8 Å². The van der Waals surface area contributed by atoms with E-state index in [4.69, 9.17) is 0 Å². The Morgan fingerprint density at radius 3 is 1.38 bits per heavy atom. The summed E-state index contributed by atoms with van der Waals surface area (Å²) in [5, 5.41) is 14.9. The van der Waals surface area contributed by atoms with Crippen molar-refractivity contribution in [1.29, 1.82) is 5.26 Å². The third-order valence-electron chi connectivity index (χ3n) is 10.2. The molecule has 6 aromatic carbocycles. The summed E-state index contributed by atoms with van der Waals surface area (Å²) in [5.74, 6) is -6.82. The van der Waals surface area contributed by atoms with E-state index in [0.717, 1.165) is 54.7 Å². The molecule has 0 N–H and O–H groups in total. The van der Waals surface area contributed by atoms with Gasteiger partial charge in [0.2, 0.25) is 0 Å². The van der Waals surface area contributed by atoms with Crippen molar-refractivity contribution in [2.75, 3.05) is 0 Å². The summed E-state index contributed by atoms with van der Waals surface area (Å²) in [7, 11) is 0. The third kappa shape index (κ3) is 5.00. The van der Waals surface area contributed by atoms with Gasteiger partial charge in [-0.15, -0.1) is 0 Å². The van der Waals surface area contributed by atoms with Gasteiger partial charge in [0, 0.05) is 27.1 Å². The Bertz CT molecular complexity index is 2670. The molecule has 3 nitrogen and oxygen atoms in total. The Hall–Kier alpha value is -5.87. The molecule has 0 saturated heterocycles. The van der Waals surface area contributed by atoms with Crippen molar-refractivity contribution < 1.29 is 17.6 Å².